The van der Waals surface area contributed by atoms with Crippen LogP contribution >= 0.6 is 12.6 Å². The van der Waals surface area contributed by atoms with Gasteiger partial charge < -0.3 is 10.2 Å². The molecule has 104 valence electrons. The summed E-state index contributed by atoms with van der Waals surface area (Å²) in [6.07, 6.45) is 2.45. The summed E-state index contributed by atoms with van der Waals surface area (Å²) < 4.78 is 0. The van der Waals surface area contributed by atoms with Crippen LogP contribution in [0.15, 0.2) is 24.3 Å². The molecule has 19 heavy (non-hydrogen) atoms. The van der Waals surface area contributed by atoms with Gasteiger partial charge in [-0.2, -0.15) is 12.6 Å². The van der Waals surface area contributed by atoms with E-state index in [0.29, 0.717) is 18.2 Å². The lowest BCUT2D eigenvalue weighted by molar-refractivity contribution is 0.0956. The summed E-state index contributed by atoms with van der Waals surface area (Å²) >= 11 is 4.10. The number of piperidine rings is 1. The van der Waals surface area contributed by atoms with Crippen LogP contribution in [0.3, 0.4) is 0 Å². The van der Waals surface area contributed by atoms with Crippen LogP contribution in [0.5, 0.6) is 0 Å². The Kier molecular flexibility index (Phi) is 5.28. The van der Waals surface area contributed by atoms with Crippen molar-refractivity contribution in [1.82, 2.24) is 10.2 Å². The van der Waals surface area contributed by atoms with Crippen molar-refractivity contribution in [3.05, 3.63) is 35.4 Å². The van der Waals surface area contributed by atoms with Gasteiger partial charge in [0, 0.05) is 24.4 Å². The normalized spacial score (nSPS) is 20.2. The molecule has 0 bridgehead atoms. The molecular weight excluding hydrogens is 256 g/mol. The van der Waals surface area contributed by atoms with Crippen molar-refractivity contribution in [3.63, 3.8) is 0 Å². The van der Waals surface area contributed by atoms with Crippen molar-refractivity contribution < 1.29 is 4.79 Å². The number of nitrogens with zero attached hydrogens (tertiary/aromatic N) is 1. The first-order valence-corrected chi connectivity index (χ1v) is 7.51. The molecule has 1 fully saturated rings. The molecular formula is C15H22N2OS. The maximum atomic E-state index is 11.9. The van der Waals surface area contributed by atoms with E-state index in [1.165, 1.54) is 24.9 Å². The van der Waals surface area contributed by atoms with E-state index < -0.39 is 0 Å². The van der Waals surface area contributed by atoms with E-state index in [0.717, 1.165) is 12.1 Å². The number of hydrogen-bond acceptors (Lipinski definition) is 3. The van der Waals surface area contributed by atoms with Gasteiger partial charge in [0.1, 0.15) is 0 Å². The maximum Gasteiger partial charge on any atom is 0.251 e. The quantitative estimate of drug-likeness (QED) is 0.827. The van der Waals surface area contributed by atoms with Crippen LogP contribution in [0.2, 0.25) is 0 Å². The van der Waals surface area contributed by atoms with Crippen LogP contribution in [0, 0.1) is 0 Å². The Hall–Kier alpha value is -1.00. The molecule has 1 unspecified atom stereocenters. The van der Waals surface area contributed by atoms with Crippen molar-refractivity contribution in [3.8, 4) is 0 Å². The monoisotopic (exact) mass is 278 g/mol. The highest BCUT2D eigenvalue weighted by Gasteiger charge is 2.19. The minimum Gasteiger partial charge on any atom is -0.351 e. The third kappa shape index (κ3) is 3.98. The van der Waals surface area contributed by atoms with Gasteiger partial charge in [0.15, 0.2) is 0 Å². The summed E-state index contributed by atoms with van der Waals surface area (Å²) in [6, 6.07) is 8.04. The minimum absolute atomic E-state index is 0.0000593. The Morgan fingerprint density at radius 3 is 3.11 bits per heavy atom. The second kappa shape index (κ2) is 6.96. The number of rotatable bonds is 4. The van der Waals surface area contributed by atoms with Gasteiger partial charge in [0.2, 0.25) is 0 Å². The maximum absolute atomic E-state index is 11.9. The van der Waals surface area contributed by atoms with Crippen molar-refractivity contribution in [1.29, 1.82) is 0 Å². The summed E-state index contributed by atoms with van der Waals surface area (Å²) in [6.45, 7) is 2.87. The first kappa shape index (κ1) is 14.4. The zero-order chi connectivity index (χ0) is 13.7. The number of hydrogen-bond donors (Lipinski definition) is 2. The number of carbonyl (C=O) groups excluding carboxylic acids is 1. The standard InChI is InChI=1S/C15H22N2OS/c1-17-8-3-6-14(11-17)12-4-2-5-13(10-12)15(18)16-7-9-19/h2,4-5,10,14,19H,3,6-9,11H2,1H3,(H,16,18). The molecule has 2 rings (SSSR count). The van der Waals surface area contributed by atoms with Crippen LogP contribution in [0.4, 0.5) is 0 Å². The summed E-state index contributed by atoms with van der Waals surface area (Å²) in [5.41, 5.74) is 2.04. The number of thiol groups is 1. The number of likely N-dealkylation sites (N-methyl/N-ethyl adjacent to an activating group) is 1. The SMILES string of the molecule is CN1CCCC(c2cccc(C(=O)NCCS)c2)C1. The van der Waals surface area contributed by atoms with E-state index in [-0.39, 0.29) is 5.91 Å². The summed E-state index contributed by atoms with van der Waals surface area (Å²) in [5, 5.41) is 2.86. The molecule has 0 aromatic heterocycles. The molecule has 1 amide bonds. The van der Waals surface area contributed by atoms with Gasteiger partial charge >= 0.3 is 0 Å². The van der Waals surface area contributed by atoms with E-state index in [1.54, 1.807) is 0 Å². The van der Waals surface area contributed by atoms with Crippen LogP contribution < -0.4 is 5.32 Å². The fourth-order valence-electron chi connectivity index (χ4n) is 2.64. The van der Waals surface area contributed by atoms with E-state index >= 15 is 0 Å². The van der Waals surface area contributed by atoms with Gasteiger partial charge in [0.25, 0.3) is 5.91 Å². The van der Waals surface area contributed by atoms with Crippen LogP contribution in [-0.4, -0.2) is 43.2 Å². The fourth-order valence-corrected chi connectivity index (χ4v) is 2.76. The summed E-state index contributed by atoms with van der Waals surface area (Å²) in [7, 11) is 2.16. The number of benzene rings is 1. The lowest BCUT2D eigenvalue weighted by Crippen LogP contribution is -2.31. The molecule has 3 nitrogen and oxygen atoms in total. The van der Waals surface area contributed by atoms with Crippen LogP contribution in [0.25, 0.3) is 0 Å². The summed E-state index contributed by atoms with van der Waals surface area (Å²) in [4.78, 5) is 14.3. The zero-order valence-electron chi connectivity index (χ0n) is 11.4. The molecule has 1 aromatic carbocycles. The van der Waals surface area contributed by atoms with Crippen molar-refractivity contribution in [2.24, 2.45) is 0 Å². The van der Waals surface area contributed by atoms with Gasteiger partial charge in [-0.3, -0.25) is 4.79 Å². The number of carbonyl (C=O) groups is 1. The van der Waals surface area contributed by atoms with E-state index in [2.05, 4.69) is 36.0 Å². The Morgan fingerprint density at radius 2 is 2.37 bits per heavy atom. The van der Waals surface area contributed by atoms with Crippen LogP contribution in [-0.2, 0) is 0 Å². The summed E-state index contributed by atoms with van der Waals surface area (Å²) in [5.74, 6) is 1.22. The largest absolute Gasteiger partial charge is 0.351 e. The number of nitrogens with one attached hydrogen (secondary N) is 1. The molecule has 1 aromatic rings. The van der Waals surface area contributed by atoms with Crippen molar-refractivity contribution in [2.75, 3.05) is 32.4 Å². The lowest BCUT2D eigenvalue weighted by atomic mass is 9.90. The van der Waals surface area contributed by atoms with Gasteiger partial charge in [-0.15, -0.1) is 0 Å². The van der Waals surface area contributed by atoms with Gasteiger partial charge in [-0.05, 0) is 50.0 Å². The predicted molar refractivity (Wildman–Crippen MR) is 82.1 cm³/mol. The molecule has 0 spiro atoms. The topological polar surface area (TPSA) is 32.3 Å². The second-order valence-electron chi connectivity index (χ2n) is 5.21. The zero-order valence-corrected chi connectivity index (χ0v) is 12.3. The predicted octanol–water partition coefficient (Wildman–Crippen LogP) is 2.16. The lowest BCUT2D eigenvalue weighted by Gasteiger charge is -2.30. The van der Waals surface area contributed by atoms with Crippen molar-refractivity contribution >= 4 is 18.5 Å². The highest BCUT2D eigenvalue weighted by atomic mass is 32.1. The third-order valence-electron chi connectivity index (χ3n) is 3.64. The average molecular weight is 278 g/mol. The molecule has 1 aliphatic rings. The fraction of sp³-hybridized carbons (Fsp3) is 0.533. The number of amides is 1. The van der Waals surface area contributed by atoms with Gasteiger partial charge in [-0.25, -0.2) is 0 Å². The molecule has 1 aliphatic heterocycles. The molecule has 1 heterocycles. The molecule has 0 aliphatic carbocycles. The Morgan fingerprint density at radius 1 is 1.53 bits per heavy atom. The first-order chi connectivity index (χ1) is 9.20. The van der Waals surface area contributed by atoms with E-state index in [4.69, 9.17) is 0 Å². The third-order valence-corrected chi connectivity index (χ3v) is 3.87. The molecule has 1 saturated heterocycles. The van der Waals surface area contributed by atoms with Gasteiger partial charge in [-0.1, -0.05) is 12.1 Å². The smallest absolute Gasteiger partial charge is 0.251 e. The minimum atomic E-state index is 0.0000593. The Balaban J connectivity index is 2.08. The van der Waals surface area contributed by atoms with Crippen molar-refractivity contribution in [2.45, 2.75) is 18.8 Å². The first-order valence-electron chi connectivity index (χ1n) is 6.88. The van der Waals surface area contributed by atoms with E-state index in [9.17, 15) is 4.79 Å². The highest BCUT2D eigenvalue weighted by Crippen LogP contribution is 2.26. The Labute approximate surface area is 120 Å². The van der Waals surface area contributed by atoms with E-state index in [1.807, 2.05) is 18.2 Å². The molecule has 1 N–H and O–H groups in total. The molecule has 0 radical (unpaired) electrons. The number of likely N-dealkylation sites (tertiary alicyclic amines) is 1. The molecule has 0 saturated carbocycles. The Bertz CT molecular complexity index is 436. The average Bonchev–Trinajstić information content (AvgIpc) is 2.45. The second-order valence-corrected chi connectivity index (χ2v) is 5.65. The molecule has 4 heteroatoms. The van der Waals surface area contributed by atoms with Gasteiger partial charge in [0.05, 0.1) is 0 Å². The molecule has 1 atom stereocenters. The highest BCUT2D eigenvalue weighted by molar-refractivity contribution is 7.80. The van der Waals surface area contributed by atoms with Crippen LogP contribution in [0.1, 0.15) is 34.7 Å².